The third kappa shape index (κ3) is 3.33. The Hall–Kier alpha value is -2.60. The Bertz CT molecular complexity index is 856. The summed E-state index contributed by atoms with van der Waals surface area (Å²) in [5.41, 5.74) is 0.744. The van der Waals surface area contributed by atoms with Gasteiger partial charge < -0.3 is 13.8 Å². The number of hydrogen-bond donors (Lipinski definition) is 0. The summed E-state index contributed by atoms with van der Waals surface area (Å²) >= 11 is 6.16. The molecule has 0 unspecified atom stereocenters. The van der Waals surface area contributed by atoms with E-state index in [0.717, 1.165) is 5.56 Å². The van der Waals surface area contributed by atoms with Crippen LogP contribution in [-0.2, 0) is 6.54 Å². The van der Waals surface area contributed by atoms with Crippen molar-refractivity contribution in [1.82, 2.24) is 15.0 Å². The highest BCUT2D eigenvalue weighted by Gasteiger charge is 2.21. The molecule has 0 atom stereocenters. The standard InChI is InChI=1S/C17H16ClN3O3/c1-3-21(10-16-19-11(2)20-24-16)17(22)15-9-8-14(23-15)12-6-4-5-7-13(12)18/h4-9H,3,10H2,1-2H3. The van der Waals surface area contributed by atoms with Gasteiger partial charge in [0, 0.05) is 12.1 Å². The van der Waals surface area contributed by atoms with Crippen LogP contribution in [0, 0.1) is 6.92 Å². The summed E-state index contributed by atoms with van der Waals surface area (Å²) in [4.78, 5) is 18.3. The molecule has 0 radical (unpaired) electrons. The average Bonchev–Trinajstić information content (AvgIpc) is 3.21. The Morgan fingerprint density at radius 3 is 2.71 bits per heavy atom. The highest BCUT2D eigenvalue weighted by Crippen LogP contribution is 2.29. The van der Waals surface area contributed by atoms with Crippen LogP contribution in [0.4, 0.5) is 0 Å². The topological polar surface area (TPSA) is 72.4 Å². The van der Waals surface area contributed by atoms with E-state index in [9.17, 15) is 4.79 Å². The van der Waals surface area contributed by atoms with Crippen molar-refractivity contribution in [2.45, 2.75) is 20.4 Å². The SMILES string of the molecule is CCN(Cc1nc(C)no1)C(=O)c1ccc(-c2ccccc2Cl)o1. The number of halogens is 1. The molecule has 0 saturated carbocycles. The average molecular weight is 346 g/mol. The number of amides is 1. The smallest absolute Gasteiger partial charge is 0.290 e. The molecule has 3 rings (SSSR count). The Labute approximate surface area is 144 Å². The molecule has 3 aromatic rings. The van der Waals surface area contributed by atoms with Gasteiger partial charge in [-0.2, -0.15) is 4.98 Å². The fraction of sp³-hybridized carbons (Fsp3) is 0.235. The van der Waals surface area contributed by atoms with Crippen LogP contribution in [0.5, 0.6) is 0 Å². The number of aromatic nitrogens is 2. The normalized spacial score (nSPS) is 10.8. The predicted molar refractivity (Wildman–Crippen MR) is 88.6 cm³/mol. The van der Waals surface area contributed by atoms with E-state index in [2.05, 4.69) is 10.1 Å². The second-order valence-electron chi connectivity index (χ2n) is 5.20. The third-order valence-electron chi connectivity index (χ3n) is 3.52. The Balaban J connectivity index is 1.80. The van der Waals surface area contributed by atoms with Crippen LogP contribution in [0.15, 0.2) is 45.3 Å². The van der Waals surface area contributed by atoms with Crippen LogP contribution in [0.3, 0.4) is 0 Å². The fourth-order valence-electron chi connectivity index (χ4n) is 2.31. The van der Waals surface area contributed by atoms with Crippen molar-refractivity contribution in [2.24, 2.45) is 0 Å². The maximum atomic E-state index is 12.6. The number of aryl methyl sites for hydroxylation is 1. The van der Waals surface area contributed by atoms with Gasteiger partial charge in [0.25, 0.3) is 5.91 Å². The van der Waals surface area contributed by atoms with Crippen molar-refractivity contribution in [1.29, 1.82) is 0 Å². The molecule has 0 aliphatic rings. The molecule has 7 heteroatoms. The summed E-state index contributed by atoms with van der Waals surface area (Å²) in [6, 6.07) is 10.7. The van der Waals surface area contributed by atoms with Crippen LogP contribution in [-0.4, -0.2) is 27.5 Å². The number of carbonyl (C=O) groups excluding carboxylic acids is 1. The van der Waals surface area contributed by atoms with Gasteiger partial charge in [-0.1, -0.05) is 28.9 Å². The molecule has 0 bridgehead atoms. The van der Waals surface area contributed by atoms with Crippen molar-refractivity contribution < 1.29 is 13.7 Å². The van der Waals surface area contributed by atoms with Crippen molar-refractivity contribution in [3.05, 3.63) is 58.9 Å². The second kappa shape index (κ2) is 6.88. The summed E-state index contributed by atoms with van der Waals surface area (Å²) in [6.45, 7) is 4.33. The van der Waals surface area contributed by atoms with Crippen molar-refractivity contribution in [2.75, 3.05) is 6.54 Å². The third-order valence-corrected chi connectivity index (χ3v) is 3.85. The molecular formula is C17H16ClN3O3. The van der Waals surface area contributed by atoms with Crippen LogP contribution < -0.4 is 0 Å². The van der Waals surface area contributed by atoms with Crippen molar-refractivity contribution in [3.63, 3.8) is 0 Å². The number of hydrogen-bond acceptors (Lipinski definition) is 5. The van der Waals surface area contributed by atoms with Gasteiger partial charge in [0.2, 0.25) is 5.89 Å². The van der Waals surface area contributed by atoms with Crippen LogP contribution in [0.1, 0.15) is 29.2 Å². The molecule has 1 aromatic carbocycles. The summed E-state index contributed by atoms with van der Waals surface area (Å²) in [7, 11) is 0. The lowest BCUT2D eigenvalue weighted by Gasteiger charge is -2.17. The lowest BCUT2D eigenvalue weighted by Crippen LogP contribution is -2.30. The predicted octanol–water partition coefficient (Wildman–Crippen LogP) is 3.95. The van der Waals surface area contributed by atoms with Gasteiger partial charge in [0.1, 0.15) is 12.3 Å². The minimum absolute atomic E-state index is 0.234. The lowest BCUT2D eigenvalue weighted by atomic mass is 10.2. The largest absolute Gasteiger partial charge is 0.451 e. The van der Waals surface area contributed by atoms with Crippen LogP contribution in [0.25, 0.3) is 11.3 Å². The van der Waals surface area contributed by atoms with Crippen LogP contribution in [0.2, 0.25) is 5.02 Å². The van der Waals surface area contributed by atoms with E-state index in [1.165, 1.54) is 0 Å². The van der Waals surface area contributed by atoms with E-state index in [1.54, 1.807) is 30.0 Å². The highest BCUT2D eigenvalue weighted by molar-refractivity contribution is 6.33. The van der Waals surface area contributed by atoms with Gasteiger partial charge >= 0.3 is 0 Å². The zero-order valence-electron chi connectivity index (χ0n) is 13.3. The molecule has 2 aromatic heterocycles. The molecule has 0 aliphatic heterocycles. The zero-order chi connectivity index (χ0) is 17.1. The molecule has 0 fully saturated rings. The van der Waals surface area contributed by atoms with E-state index in [-0.39, 0.29) is 18.2 Å². The summed E-state index contributed by atoms with van der Waals surface area (Å²) in [5, 5.41) is 4.30. The molecule has 0 spiro atoms. The minimum Gasteiger partial charge on any atom is -0.451 e. The zero-order valence-corrected chi connectivity index (χ0v) is 14.1. The maximum absolute atomic E-state index is 12.6. The first-order chi connectivity index (χ1) is 11.6. The van der Waals surface area contributed by atoms with E-state index < -0.39 is 0 Å². The number of benzene rings is 1. The Morgan fingerprint density at radius 2 is 2.04 bits per heavy atom. The lowest BCUT2D eigenvalue weighted by molar-refractivity contribution is 0.0703. The summed E-state index contributed by atoms with van der Waals surface area (Å²) in [6.07, 6.45) is 0. The minimum atomic E-state index is -0.244. The number of carbonyl (C=O) groups is 1. The van der Waals surface area contributed by atoms with Gasteiger partial charge in [-0.05, 0) is 38.1 Å². The van der Waals surface area contributed by atoms with E-state index in [0.29, 0.717) is 29.0 Å². The van der Waals surface area contributed by atoms with Gasteiger partial charge in [0.15, 0.2) is 11.6 Å². The molecule has 6 nitrogen and oxygen atoms in total. The Morgan fingerprint density at radius 1 is 1.25 bits per heavy atom. The van der Waals surface area contributed by atoms with Crippen LogP contribution >= 0.6 is 11.6 Å². The molecule has 1 amide bonds. The molecule has 0 saturated heterocycles. The number of nitrogens with zero attached hydrogens (tertiary/aromatic N) is 3. The first-order valence-corrected chi connectivity index (χ1v) is 7.89. The first kappa shape index (κ1) is 16.3. The molecule has 0 aliphatic carbocycles. The molecular weight excluding hydrogens is 330 g/mol. The fourth-order valence-corrected chi connectivity index (χ4v) is 2.54. The number of furan rings is 1. The summed E-state index contributed by atoms with van der Waals surface area (Å²) in [5.74, 6) is 1.47. The van der Waals surface area contributed by atoms with Gasteiger partial charge in [-0.15, -0.1) is 0 Å². The van der Waals surface area contributed by atoms with Crippen molar-refractivity contribution >= 4 is 17.5 Å². The van der Waals surface area contributed by atoms with Gasteiger partial charge in [-0.3, -0.25) is 4.79 Å². The van der Waals surface area contributed by atoms with E-state index in [4.69, 9.17) is 20.5 Å². The monoisotopic (exact) mass is 345 g/mol. The van der Waals surface area contributed by atoms with E-state index >= 15 is 0 Å². The first-order valence-electron chi connectivity index (χ1n) is 7.51. The molecule has 24 heavy (non-hydrogen) atoms. The Kier molecular flexibility index (Phi) is 4.66. The molecule has 2 heterocycles. The van der Waals surface area contributed by atoms with Crippen molar-refractivity contribution in [3.8, 4) is 11.3 Å². The quantitative estimate of drug-likeness (QED) is 0.700. The second-order valence-corrected chi connectivity index (χ2v) is 5.61. The van der Waals surface area contributed by atoms with Gasteiger partial charge in [-0.25, -0.2) is 0 Å². The molecule has 0 N–H and O–H groups in total. The number of rotatable bonds is 5. The highest BCUT2D eigenvalue weighted by atomic mass is 35.5. The maximum Gasteiger partial charge on any atom is 0.290 e. The molecule has 124 valence electrons. The summed E-state index contributed by atoms with van der Waals surface area (Å²) < 4.78 is 10.8. The van der Waals surface area contributed by atoms with Gasteiger partial charge in [0.05, 0.1) is 5.02 Å². The van der Waals surface area contributed by atoms with E-state index in [1.807, 2.05) is 25.1 Å².